The number of hydrogen-bond donors (Lipinski definition) is 2. The predicted molar refractivity (Wildman–Crippen MR) is 124 cm³/mol. The first-order chi connectivity index (χ1) is 15.9. The third-order valence-electron chi connectivity index (χ3n) is 6.52. The van der Waals surface area contributed by atoms with Gasteiger partial charge < -0.3 is 19.7 Å². The molecule has 174 valence electrons. The summed E-state index contributed by atoms with van der Waals surface area (Å²) in [6.07, 6.45) is 3.26. The lowest BCUT2D eigenvalue weighted by molar-refractivity contribution is -0.141. The fourth-order valence-corrected chi connectivity index (χ4v) is 4.97. The average Bonchev–Trinajstić information content (AvgIpc) is 3.11. The van der Waals surface area contributed by atoms with Crippen LogP contribution in [0.4, 0.5) is 4.39 Å². The lowest BCUT2D eigenvalue weighted by Gasteiger charge is -2.26. The maximum Gasteiger partial charge on any atom is 0.326 e. The van der Waals surface area contributed by atoms with E-state index in [1.165, 1.54) is 12.1 Å². The molecule has 2 N–H and O–H groups in total. The van der Waals surface area contributed by atoms with Gasteiger partial charge in [0.1, 0.15) is 17.6 Å². The minimum atomic E-state index is -0.895. The molecule has 0 radical (unpaired) electrons. The molecule has 33 heavy (non-hydrogen) atoms. The Morgan fingerprint density at radius 2 is 2.06 bits per heavy atom. The van der Waals surface area contributed by atoms with Gasteiger partial charge in [-0.15, -0.1) is 0 Å². The summed E-state index contributed by atoms with van der Waals surface area (Å²) in [5, 5.41) is 13.6. The number of amides is 1. The number of hydrogen-bond acceptors (Lipinski definition) is 3. The third kappa shape index (κ3) is 4.58. The van der Waals surface area contributed by atoms with E-state index in [2.05, 4.69) is 5.32 Å². The smallest absolute Gasteiger partial charge is 0.326 e. The summed E-state index contributed by atoms with van der Waals surface area (Å²) in [4.78, 5) is 24.6. The van der Waals surface area contributed by atoms with Gasteiger partial charge in [0.25, 0.3) is 0 Å². The van der Waals surface area contributed by atoms with E-state index < -0.39 is 12.0 Å². The summed E-state index contributed by atoms with van der Waals surface area (Å²) in [6, 6.07) is 11.4. The molecule has 4 rings (SSSR count). The van der Waals surface area contributed by atoms with Crippen molar-refractivity contribution in [2.24, 2.45) is 0 Å². The number of halogens is 1. The number of ether oxygens (including phenoxy) is 1. The molecule has 1 aliphatic rings. The molecule has 3 aromatic rings. The molecule has 2 aromatic carbocycles. The third-order valence-corrected chi connectivity index (χ3v) is 6.52. The van der Waals surface area contributed by atoms with Crippen LogP contribution < -0.4 is 10.1 Å². The number of methoxy groups -OCH3 is 1. The number of carbonyl (C=O) groups excluding carboxylic acids is 1. The van der Waals surface area contributed by atoms with E-state index in [-0.39, 0.29) is 17.8 Å². The first-order valence-corrected chi connectivity index (χ1v) is 11.4. The molecule has 0 aliphatic heterocycles. The highest BCUT2D eigenvalue weighted by molar-refractivity contribution is 5.88. The molecular formula is C26H29FN2O4. The quantitative estimate of drug-likeness (QED) is 0.530. The summed E-state index contributed by atoms with van der Waals surface area (Å²) < 4.78 is 21.3. The van der Waals surface area contributed by atoms with Gasteiger partial charge in [-0.3, -0.25) is 4.79 Å². The molecule has 1 heterocycles. The largest absolute Gasteiger partial charge is 0.496 e. The van der Waals surface area contributed by atoms with Gasteiger partial charge >= 0.3 is 5.97 Å². The highest BCUT2D eigenvalue weighted by Crippen LogP contribution is 2.36. The number of carboxylic acids is 1. The van der Waals surface area contributed by atoms with Crippen LogP contribution in [0.5, 0.6) is 5.75 Å². The van der Waals surface area contributed by atoms with Gasteiger partial charge in [0.05, 0.1) is 7.11 Å². The predicted octanol–water partition coefficient (Wildman–Crippen LogP) is 4.43. The second-order valence-electron chi connectivity index (χ2n) is 8.54. The summed E-state index contributed by atoms with van der Waals surface area (Å²) in [5.41, 5.74) is 3.59. The standard InChI is InChI=1S/C26H29FN2O4/c1-3-21(26(31)32)29-22-11-9-17(27)14-19(22)20-15-18(10-12-23(20)29)28-25(30)13-8-16-6-4-5-7-24(16)33-2/h4-7,9,11,14,18,21H,3,8,10,12-13,15H2,1-2H3,(H,28,30)(H,31,32)/t18-,21?/m0/s1. The van der Waals surface area contributed by atoms with Gasteiger partial charge in [-0.05, 0) is 67.5 Å². The monoisotopic (exact) mass is 452 g/mol. The number of nitrogens with zero attached hydrogens (tertiary/aromatic N) is 1. The molecule has 6 nitrogen and oxygen atoms in total. The molecule has 1 aliphatic carbocycles. The van der Waals surface area contributed by atoms with Crippen molar-refractivity contribution >= 4 is 22.8 Å². The number of fused-ring (bicyclic) bond motifs is 3. The Kier molecular flexibility index (Phi) is 6.67. The summed E-state index contributed by atoms with van der Waals surface area (Å²) >= 11 is 0. The van der Waals surface area contributed by atoms with Crippen molar-refractivity contribution in [2.75, 3.05) is 7.11 Å². The fourth-order valence-electron chi connectivity index (χ4n) is 4.97. The number of benzene rings is 2. The number of aryl methyl sites for hydroxylation is 1. The van der Waals surface area contributed by atoms with Crippen molar-refractivity contribution in [3.05, 3.63) is 65.1 Å². The Bertz CT molecular complexity index is 1190. The van der Waals surface area contributed by atoms with Crippen LogP contribution in [0.25, 0.3) is 10.9 Å². The Hall–Kier alpha value is -3.35. The van der Waals surface area contributed by atoms with E-state index in [0.29, 0.717) is 38.5 Å². The van der Waals surface area contributed by atoms with Crippen LogP contribution in [0, 0.1) is 5.82 Å². The number of para-hydroxylation sites is 1. The second kappa shape index (κ2) is 9.65. The number of nitrogens with one attached hydrogen (secondary N) is 1. The van der Waals surface area contributed by atoms with Crippen molar-refractivity contribution in [2.45, 2.75) is 57.5 Å². The van der Waals surface area contributed by atoms with E-state index in [1.54, 1.807) is 13.2 Å². The van der Waals surface area contributed by atoms with Gasteiger partial charge in [-0.2, -0.15) is 0 Å². The number of aliphatic carboxylic acids is 1. The molecule has 0 spiro atoms. The molecule has 2 atom stereocenters. The first kappa shape index (κ1) is 22.8. The summed E-state index contributed by atoms with van der Waals surface area (Å²) in [5.74, 6) is -0.519. The zero-order valence-electron chi connectivity index (χ0n) is 18.9. The molecule has 0 fully saturated rings. The molecule has 0 saturated heterocycles. The number of rotatable bonds is 8. The molecule has 0 saturated carbocycles. The lowest BCUT2D eigenvalue weighted by Crippen LogP contribution is -2.39. The number of aromatic nitrogens is 1. The maximum atomic E-state index is 14.1. The van der Waals surface area contributed by atoms with Crippen LogP contribution in [0.2, 0.25) is 0 Å². The van der Waals surface area contributed by atoms with Gasteiger partial charge in [0.15, 0.2) is 0 Å². The van der Waals surface area contributed by atoms with Crippen molar-refractivity contribution in [3.8, 4) is 5.75 Å². The molecule has 1 amide bonds. The van der Waals surface area contributed by atoms with Crippen LogP contribution in [-0.2, 0) is 28.9 Å². The second-order valence-corrected chi connectivity index (χ2v) is 8.54. The zero-order valence-corrected chi connectivity index (χ0v) is 18.9. The Morgan fingerprint density at radius 3 is 2.79 bits per heavy atom. The van der Waals surface area contributed by atoms with Gasteiger partial charge in [-0.25, -0.2) is 9.18 Å². The van der Waals surface area contributed by atoms with Crippen LogP contribution in [0.1, 0.15) is 49.0 Å². The lowest BCUT2D eigenvalue weighted by atomic mass is 9.91. The van der Waals surface area contributed by atoms with Gasteiger partial charge in [-0.1, -0.05) is 25.1 Å². The average molecular weight is 453 g/mol. The normalized spacial score (nSPS) is 16.3. The topological polar surface area (TPSA) is 80.6 Å². The maximum absolute atomic E-state index is 14.1. The summed E-state index contributed by atoms with van der Waals surface area (Å²) in [7, 11) is 1.62. The Labute approximate surface area is 192 Å². The van der Waals surface area contributed by atoms with Crippen LogP contribution in [0.3, 0.4) is 0 Å². The fraction of sp³-hybridized carbons (Fsp3) is 0.385. The Morgan fingerprint density at radius 1 is 1.27 bits per heavy atom. The van der Waals surface area contributed by atoms with Crippen molar-refractivity contribution in [3.63, 3.8) is 0 Å². The minimum Gasteiger partial charge on any atom is -0.496 e. The SMILES string of the molecule is CCC(C(=O)O)n1c2c(c3cc(F)ccc31)C[C@@H](NC(=O)CCc1ccccc1OC)CC2. The van der Waals surface area contributed by atoms with E-state index in [0.717, 1.165) is 33.5 Å². The molecule has 1 unspecified atom stereocenters. The highest BCUT2D eigenvalue weighted by atomic mass is 19.1. The van der Waals surface area contributed by atoms with E-state index in [4.69, 9.17) is 4.74 Å². The van der Waals surface area contributed by atoms with E-state index in [9.17, 15) is 19.1 Å². The van der Waals surface area contributed by atoms with Crippen LogP contribution in [0.15, 0.2) is 42.5 Å². The van der Waals surface area contributed by atoms with Crippen molar-refractivity contribution in [1.82, 2.24) is 9.88 Å². The van der Waals surface area contributed by atoms with Crippen LogP contribution >= 0.6 is 0 Å². The highest BCUT2D eigenvalue weighted by Gasteiger charge is 2.30. The van der Waals surface area contributed by atoms with Gasteiger partial charge in [0, 0.05) is 29.1 Å². The van der Waals surface area contributed by atoms with Crippen molar-refractivity contribution < 1.29 is 23.8 Å². The van der Waals surface area contributed by atoms with Gasteiger partial charge in [0.2, 0.25) is 5.91 Å². The van der Waals surface area contributed by atoms with Crippen molar-refractivity contribution in [1.29, 1.82) is 0 Å². The molecular weight excluding hydrogens is 423 g/mol. The number of carboxylic acid groups (broad SMARTS) is 1. The minimum absolute atomic E-state index is 0.0405. The molecule has 1 aromatic heterocycles. The van der Waals surface area contributed by atoms with Crippen LogP contribution in [-0.4, -0.2) is 34.7 Å². The molecule has 7 heteroatoms. The van der Waals surface area contributed by atoms with E-state index >= 15 is 0 Å². The summed E-state index contributed by atoms with van der Waals surface area (Å²) in [6.45, 7) is 1.84. The Balaban J connectivity index is 1.53. The van der Waals surface area contributed by atoms with E-state index in [1.807, 2.05) is 35.8 Å². The first-order valence-electron chi connectivity index (χ1n) is 11.4. The number of carbonyl (C=O) groups is 2. The molecule has 0 bridgehead atoms. The zero-order chi connectivity index (χ0) is 23.5.